The highest BCUT2D eigenvalue weighted by atomic mass is 127. The molecule has 7 heteroatoms. The fraction of sp³-hybridized carbons (Fsp3) is 0.588. The zero-order chi connectivity index (χ0) is 16.7. The van der Waals surface area contributed by atoms with Crippen molar-refractivity contribution in [2.24, 2.45) is 10.9 Å². The van der Waals surface area contributed by atoms with Gasteiger partial charge < -0.3 is 15.0 Å². The zero-order valence-electron chi connectivity index (χ0n) is 14.6. The van der Waals surface area contributed by atoms with Gasteiger partial charge >= 0.3 is 5.97 Å². The summed E-state index contributed by atoms with van der Waals surface area (Å²) in [4.78, 5) is 22.8. The fourth-order valence-electron chi connectivity index (χ4n) is 2.82. The monoisotopic (exact) mass is 446 g/mol. The number of aryl methyl sites for hydroxylation is 1. The maximum atomic E-state index is 12.0. The number of aromatic nitrogens is 1. The van der Waals surface area contributed by atoms with E-state index in [2.05, 4.69) is 20.2 Å². The number of hydrogen-bond donors (Lipinski definition) is 1. The molecule has 2 heterocycles. The molecule has 1 fully saturated rings. The number of esters is 1. The van der Waals surface area contributed by atoms with E-state index in [0.29, 0.717) is 19.7 Å². The van der Waals surface area contributed by atoms with Crippen LogP contribution in [0.1, 0.15) is 31.0 Å². The zero-order valence-corrected chi connectivity index (χ0v) is 16.9. The Morgan fingerprint density at radius 3 is 3.00 bits per heavy atom. The lowest BCUT2D eigenvalue weighted by Crippen LogP contribution is -2.48. The molecule has 6 nitrogen and oxygen atoms in total. The topological polar surface area (TPSA) is 66.8 Å². The second-order valence-electron chi connectivity index (χ2n) is 5.70. The summed E-state index contributed by atoms with van der Waals surface area (Å²) in [5.41, 5.74) is 2.16. The van der Waals surface area contributed by atoms with Crippen LogP contribution in [0.15, 0.2) is 23.3 Å². The number of likely N-dealkylation sites (tertiary alicyclic amines) is 1. The first-order valence-electron chi connectivity index (χ1n) is 8.18. The van der Waals surface area contributed by atoms with E-state index in [9.17, 15) is 4.79 Å². The molecule has 0 spiro atoms. The maximum Gasteiger partial charge on any atom is 0.310 e. The van der Waals surface area contributed by atoms with Crippen LogP contribution in [0, 0.1) is 12.8 Å². The molecular weight excluding hydrogens is 419 g/mol. The molecule has 1 aromatic rings. The van der Waals surface area contributed by atoms with Gasteiger partial charge in [-0.05, 0) is 38.3 Å². The highest BCUT2D eigenvalue weighted by molar-refractivity contribution is 14.0. The second kappa shape index (κ2) is 10.5. The van der Waals surface area contributed by atoms with E-state index in [1.165, 1.54) is 0 Å². The number of nitrogens with one attached hydrogen (secondary N) is 1. The van der Waals surface area contributed by atoms with Crippen LogP contribution in [0.3, 0.4) is 0 Å². The minimum Gasteiger partial charge on any atom is -0.466 e. The Bertz CT molecular complexity index is 565. The molecule has 0 amide bonds. The summed E-state index contributed by atoms with van der Waals surface area (Å²) in [5, 5.41) is 3.35. The SMILES string of the molecule is CCOC(=O)C1CCCN(C(=NC)NCc2ncccc2C)C1.I. The Morgan fingerprint density at radius 1 is 1.54 bits per heavy atom. The molecule has 2 rings (SSSR count). The first-order valence-corrected chi connectivity index (χ1v) is 8.18. The van der Waals surface area contributed by atoms with Gasteiger partial charge in [0, 0.05) is 26.3 Å². The highest BCUT2D eigenvalue weighted by Gasteiger charge is 2.28. The Hall–Kier alpha value is -1.38. The van der Waals surface area contributed by atoms with Crippen LogP contribution in [0.4, 0.5) is 0 Å². The number of hydrogen-bond acceptors (Lipinski definition) is 4. The van der Waals surface area contributed by atoms with E-state index in [1.807, 2.05) is 26.0 Å². The average Bonchev–Trinajstić information content (AvgIpc) is 2.57. The van der Waals surface area contributed by atoms with Gasteiger partial charge in [-0.25, -0.2) is 0 Å². The summed E-state index contributed by atoms with van der Waals surface area (Å²) in [6, 6.07) is 3.98. The minimum absolute atomic E-state index is 0. The minimum atomic E-state index is -0.103. The summed E-state index contributed by atoms with van der Waals surface area (Å²) in [6.45, 7) is 6.50. The summed E-state index contributed by atoms with van der Waals surface area (Å²) in [7, 11) is 1.77. The lowest BCUT2D eigenvalue weighted by Gasteiger charge is -2.33. The van der Waals surface area contributed by atoms with Gasteiger partial charge in [-0.2, -0.15) is 0 Å². The Morgan fingerprint density at radius 2 is 2.33 bits per heavy atom. The number of aliphatic imine (C=N–C) groups is 1. The number of carbonyl (C=O) groups excluding carboxylic acids is 1. The normalized spacial score (nSPS) is 17.9. The van der Waals surface area contributed by atoms with Crippen LogP contribution in [0.25, 0.3) is 0 Å². The molecule has 1 aliphatic rings. The number of rotatable bonds is 4. The van der Waals surface area contributed by atoms with Gasteiger partial charge in [0.1, 0.15) is 0 Å². The molecule has 1 atom stereocenters. The fourth-order valence-corrected chi connectivity index (χ4v) is 2.82. The summed E-state index contributed by atoms with van der Waals surface area (Å²) >= 11 is 0. The van der Waals surface area contributed by atoms with E-state index in [4.69, 9.17) is 4.74 Å². The summed E-state index contributed by atoms with van der Waals surface area (Å²) < 4.78 is 5.15. The van der Waals surface area contributed by atoms with Crippen molar-refractivity contribution >= 4 is 35.9 Å². The first-order chi connectivity index (χ1) is 11.2. The first kappa shape index (κ1) is 20.7. The number of ether oxygens (including phenoxy) is 1. The van der Waals surface area contributed by atoms with E-state index >= 15 is 0 Å². The predicted octanol–water partition coefficient (Wildman–Crippen LogP) is 2.36. The number of pyridine rings is 1. The van der Waals surface area contributed by atoms with Crippen molar-refractivity contribution in [3.05, 3.63) is 29.6 Å². The van der Waals surface area contributed by atoms with Crippen molar-refractivity contribution in [3.8, 4) is 0 Å². The van der Waals surface area contributed by atoms with Gasteiger partial charge in [0.05, 0.1) is 24.8 Å². The predicted molar refractivity (Wildman–Crippen MR) is 106 cm³/mol. The molecule has 0 radical (unpaired) electrons. The molecule has 0 saturated carbocycles. The third-order valence-electron chi connectivity index (χ3n) is 4.08. The lowest BCUT2D eigenvalue weighted by molar-refractivity contribution is -0.149. The maximum absolute atomic E-state index is 12.0. The van der Waals surface area contributed by atoms with Crippen LogP contribution in [-0.4, -0.2) is 48.6 Å². The number of piperidine rings is 1. The van der Waals surface area contributed by atoms with Crippen LogP contribution in [0.2, 0.25) is 0 Å². The van der Waals surface area contributed by atoms with Crippen molar-refractivity contribution in [3.63, 3.8) is 0 Å². The van der Waals surface area contributed by atoms with E-state index in [1.54, 1.807) is 13.2 Å². The van der Waals surface area contributed by atoms with Crippen molar-refractivity contribution < 1.29 is 9.53 Å². The largest absolute Gasteiger partial charge is 0.466 e. The molecule has 1 saturated heterocycles. The van der Waals surface area contributed by atoms with Crippen LogP contribution < -0.4 is 5.32 Å². The van der Waals surface area contributed by atoms with Gasteiger partial charge in [-0.3, -0.25) is 14.8 Å². The molecule has 1 unspecified atom stereocenters. The smallest absolute Gasteiger partial charge is 0.310 e. The number of nitrogens with zero attached hydrogens (tertiary/aromatic N) is 3. The third kappa shape index (κ3) is 5.61. The van der Waals surface area contributed by atoms with Crippen LogP contribution in [0.5, 0.6) is 0 Å². The average molecular weight is 446 g/mol. The lowest BCUT2D eigenvalue weighted by atomic mass is 9.98. The summed E-state index contributed by atoms with van der Waals surface area (Å²) in [6.07, 6.45) is 3.64. The van der Waals surface area contributed by atoms with Crippen molar-refractivity contribution in [1.82, 2.24) is 15.2 Å². The van der Waals surface area contributed by atoms with Gasteiger partial charge in [0.2, 0.25) is 0 Å². The molecule has 0 aromatic carbocycles. The highest BCUT2D eigenvalue weighted by Crippen LogP contribution is 2.18. The molecular formula is C17H27IN4O2. The molecule has 134 valence electrons. The summed E-state index contributed by atoms with van der Waals surface area (Å²) in [5.74, 6) is 0.635. The van der Waals surface area contributed by atoms with Gasteiger partial charge in [-0.1, -0.05) is 6.07 Å². The Balaban J connectivity index is 0.00000288. The van der Waals surface area contributed by atoms with E-state index < -0.39 is 0 Å². The molecule has 1 aliphatic heterocycles. The van der Waals surface area contributed by atoms with Crippen LogP contribution >= 0.6 is 24.0 Å². The molecule has 0 aliphatic carbocycles. The number of carbonyl (C=O) groups is 1. The number of guanidine groups is 1. The molecule has 24 heavy (non-hydrogen) atoms. The Labute approximate surface area is 161 Å². The third-order valence-corrected chi connectivity index (χ3v) is 4.08. The standard InChI is InChI=1S/C17H26N4O2.HI/c1-4-23-16(22)14-8-6-10-21(12-14)17(18-3)20-11-15-13(2)7-5-9-19-15;/h5,7,9,14H,4,6,8,10-12H2,1-3H3,(H,18,20);1H. The van der Waals surface area contributed by atoms with Crippen LogP contribution in [-0.2, 0) is 16.1 Å². The van der Waals surface area contributed by atoms with Crippen molar-refractivity contribution in [1.29, 1.82) is 0 Å². The second-order valence-corrected chi connectivity index (χ2v) is 5.70. The molecule has 1 aromatic heterocycles. The molecule has 0 bridgehead atoms. The molecule has 1 N–H and O–H groups in total. The van der Waals surface area contributed by atoms with Crippen molar-refractivity contribution in [2.75, 3.05) is 26.7 Å². The Kier molecular flexibility index (Phi) is 9.02. The van der Waals surface area contributed by atoms with Gasteiger partial charge in [-0.15, -0.1) is 24.0 Å². The van der Waals surface area contributed by atoms with Gasteiger partial charge in [0.15, 0.2) is 5.96 Å². The number of halogens is 1. The van der Waals surface area contributed by atoms with E-state index in [0.717, 1.165) is 36.6 Å². The van der Waals surface area contributed by atoms with Crippen molar-refractivity contribution in [2.45, 2.75) is 33.2 Å². The quantitative estimate of drug-likeness (QED) is 0.333. The van der Waals surface area contributed by atoms with Gasteiger partial charge in [0.25, 0.3) is 0 Å². The van der Waals surface area contributed by atoms with E-state index in [-0.39, 0.29) is 35.9 Å².